The molecule has 1 fully saturated rings. The Morgan fingerprint density at radius 3 is 1.65 bits per heavy atom. The molecule has 0 aliphatic carbocycles. The van der Waals surface area contributed by atoms with Crippen molar-refractivity contribution < 1.29 is 0 Å². The molecule has 1 heterocycles. The summed E-state index contributed by atoms with van der Waals surface area (Å²) in [5.74, 6) is 0. The molecule has 0 saturated carbocycles. The lowest BCUT2D eigenvalue weighted by molar-refractivity contribution is 0.497. The molecule has 1 atom stereocenters. The van der Waals surface area contributed by atoms with Crippen LogP contribution in [0.15, 0.2) is 0 Å². The zero-order chi connectivity index (χ0) is 14.3. The van der Waals surface area contributed by atoms with Crippen LogP contribution in [0, 0.1) is 0 Å². The van der Waals surface area contributed by atoms with Gasteiger partial charge in [-0.05, 0) is 25.8 Å². The molecule has 0 aromatic carbocycles. The first-order valence-electron chi connectivity index (χ1n) is 9.67. The van der Waals surface area contributed by atoms with Crippen LogP contribution in [0.3, 0.4) is 0 Å². The van der Waals surface area contributed by atoms with E-state index in [4.69, 9.17) is 0 Å². The quantitative estimate of drug-likeness (QED) is 0.373. The van der Waals surface area contributed by atoms with Crippen molar-refractivity contribution in [3.63, 3.8) is 0 Å². The third kappa shape index (κ3) is 10.7. The van der Waals surface area contributed by atoms with Crippen molar-refractivity contribution >= 4 is 0 Å². The van der Waals surface area contributed by atoms with Gasteiger partial charge in [0.2, 0.25) is 0 Å². The predicted molar refractivity (Wildman–Crippen MR) is 91.3 cm³/mol. The highest BCUT2D eigenvalue weighted by Gasteiger charge is 2.12. The molecule has 1 heteroatoms. The summed E-state index contributed by atoms with van der Waals surface area (Å²) in [5.41, 5.74) is 0. The zero-order valence-electron chi connectivity index (χ0n) is 14.1. The number of rotatable bonds is 14. The second-order valence-corrected chi connectivity index (χ2v) is 6.82. The Balaban J connectivity index is 1.66. The van der Waals surface area contributed by atoms with E-state index in [2.05, 4.69) is 12.2 Å². The second kappa shape index (κ2) is 13.9. The Morgan fingerprint density at radius 2 is 1.20 bits per heavy atom. The fourth-order valence-electron chi connectivity index (χ4n) is 3.41. The molecular weight excluding hydrogens is 242 g/mol. The fourth-order valence-corrected chi connectivity index (χ4v) is 3.41. The van der Waals surface area contributed by atoms with Gasteiger partial charge in [-0.2, -0.15) is 0 Å². The monoisotopic (exact) mass is 281 g/mol. The molecule has 1 aliphatic rings. The van der Waals surface area contributed by atoms with Crippen LogP contribution in [0.1, 0.15) is 110 Å². The molecule has 0 bridgehead atoms. The molecule has 1 aliphatic heterocycles. The molecule has 0 aromatic heterocycles. The number of nitrogens with one attached hydrogen (secondary N) is 1. The van der Waals surface area contributed by atoms with Gasteiger partial charge in [-0.15, -0.1) is 0 Å². The highest BCUT2D eigenvalue weighted by atomic mass is 14.9. The minimum atomic E-state index is 0.864. The standard InChI is InChI=1S/C19H39N/c1-2-3-4-5-6-7-8-9-10-11-12-13-14-16-19-17-15-18-20-19/h19-20H,2-18H2,1H3. The van der Waals surface area contributed by atoms with Crippen molar-refractivity contribution in [3.05, 3.63) is 0 Å². The van der Waals surface area contributed by atoms with Gasteiger partial charge in [-0.25, -0.2) is 0 Å². The maximum absolute atomic E-state index is 3.60. The smallest absolute Gasteiger partial charge is 0.00675 e. The molecule has 1 saturated heterocycles. The summed E-state index contributed by atoms with van der Waals surface area (Å²) in [6.07, 6.45) is 23.3. The van der Waals surface area contributed by atoms with Gasteiger partial charge >= 0.3 is 0 Å². The van der Waals surface area contributed by atoms with E-state index in [9.17, 15) is 0 Å². The average Bonchev–Trinajstić information content (AvgIpc) is 2.97. The van der Waals surface area contributed by atoms with Crippen LogP contribution in [-0.2, 0) is 0 Å². The predicted octanol–water partition coefficient (Wildman–Crippen LogP) is 6.22. The Labute approximate surface area is 128 Å². The molecule has 0 radical (unpaired) electrons. The van der Waals surface area contributed by atoms with Gasteiger partial charge in [0.15, 0.2) is 0 Å². The van der Waals surface area contributed by atoms with E-state index in [1.165, 1.54) is 109 Å². The van der Waals surface area contributed by atoms with Gasteiger partial charge in [-0.3, -0.25) is 0 Å². The summed E-state index contributed by atoms with van der Waals surface area (Å²) < 4.78 is 0. The molecule has 1 nitrogen and oxygen atoms in total. The van der Waals surface area contributed by atoms with Crippen LogP contribution in [-0.4, -0.2) is 12.6 Å². The summed E-state index contributed by atoms with van der Waals surface area (Å²) in [7, 11) is 0. The maximum atomic E-state index is 3.60. The summed E-state index contributed by atoms with van der Waals surface area (Å²) >= 11 is 0. The topological polar surface area (TPSA) is 12.0 Å². The third-order valence-electron chi connectivity index (χ3n) is 4.82. The molecule has 0 aromatic rings. The van der Waals surface area contributed by atoms with E-state index in [1.54, 1.807) is 0 Å². The number of unbranched alkanes of at least 4 members (excludes halogenated alkanes) is 12. The molecule has 0 spiro atoms. The Bertz CT molecular complexity index is 184. The summed E-state index contributed by atoms with van der Waals surface area (Å²) in [6, 6.07) is 0.864. The van der Waals surface area contributed by atoms with Gasteiger partial charge < -0.3 is 5.32 Å². The van der Waals surface area contributed by atoms with Gasteiger partial charge in [0, 0.05) is 6.04 Å². The zero-order valence-corrected chi connectivity index (χ0v) is 14.1. The molecule has 1 unspecified atom stereocenters. The van der Waals surface area contributed by atoms with Crippen LogP contribution in [0.4, 0.5) is 0 Å². The van der Waals surface area contributed by atoms with E-state index in [-0.39, 0.29) is 0 Å². The van der Waals surface area contributed by atoms with Crippen LogP contribution in [0.5, 0.6) is 0 Å². The van der Waals surface area contributed by atoms with Crippen molar-refractivity contribution in [2.24, 2.45) is 0 Å². The third-order valence-corrected chi connectivity index (χ3v) is 4.82. The summed E-state index contributed by atoms with van der Waals surface area (Å²) in [5, 5.41) is 3.60. The van der Waals surface area contributed by atoms with Gasteiger partial charge in [0.1, 0.15) is 0 Å². The van der Waals surface area contributed by atoms with E-state index in [1.807, 2.05) is 0 Å². The Kier molecular flexibility index (Phi) is 12.5. The van der Waals surface area contributed by atoms with Crippen LogP contribution in [0.25, 0.3) is 0 Å². The highest BCUT2D eigenvalue weighted by molar-refractivity contribution is 4.73. The summed E-state index contributed by atoms with van der Waals surface area (Å²) in [6.45, 7) is 3.56. The fraction of sp³-hybridized carbons (Fsp3) is 1.00. The first-order chi connectivity index (χ1) is 9.93. The first kappa shape index (κ1) is 18.0. The lowest BCUT2D eigenvalue weighted by Gasteiger charge is -2.09. The molecule has 0 amide bonds. The van der Waals surface area contributed by atoms with Crippen molar-refractivity contribution in [2.75, 3.05) is 6.54 Å². The van der Waals surface area contributed by atoms with Gasteiger partial charge in [-0.1, -0.05) is 90.4 Å². The molecule has 1 N–H and O–H groups in total. The van der Waals surface area contributed by atoms with Crippen LogP contribution in [0.2, 0.25) is 0 Å². The maximum Gasteiger partial charge on any atom is 0.00675 e. The van der Waals surface area contributed by atoms with Crippen molar-refractivity contribution in [3.8, 4) is 0 Å². The number of hydrogen-bond donors (Lipinski definition) is 1. The Morgan fingerprint density at radius 1 is 0.700 bits per heavy atom. The lowest BCUT2D eigenvalue weighted by atomic mass is 10.0. The largest absolute Gasteiger partial charge is 0.314 e. The van der Waals surface area contributed by atoms with Crippen LogP contribution < -0.4 is 5.32 Å². The molecule has 120 valence electrons. The van der Waals surface area contributed by atoms with Crippen LogP contribution >= 0.6 is 0 Å². The lowest BCUT2D eigenvalue weighted by Crippen LogP contribution is -2.20. The average molecular weight is 282 g/mol. The molecule has 1 rings (SSSR count). The van der Waals surface area contributed by atoms with Crippen molar-refractivity contribution in [1.29, 1.82) is 0 Å². The second-order valence-electron chi connectivity index (χ2n) is 6.82. The molecular formula is C19H39N. The van der Waals surface area contributed by atoms with Crippen molar-refractivity contribution in [2.45, 2.75) is 116 Å². The Hall–Kier alpha value is -0.0400. The SMILES string of the molecule is CCCCCCCCCCCCCCCC1CCCN1. The van der Waals surface area contributed by atoms with Gasteiger partial charge in [0.05, 0.1) is 0 Å². The van der Waals surface area contributed by atoms with Gasteiger partial charge in [0.25, 0.3) is 0 Å². The van der Waals surface area contributed by atoms with E-state index in [0.29, 0.717) is 0 Å². The number of hydrogen-bond acceptors (Lipinski definition) is 1. The highest BCUT2D eigenvalue weighted by Crippen LogP contribution is 2.15. The molecule has 20 heavy (non-hydrogen) atoms. The van der Waals surface area contributed by atoms with E-state index < -0.39 is 0 Å². The van der Waals surface area contributed by atoms with Crippen molar-refractivity contribution in [1.82, 2.24) is 5.32 Å². The van der Waals surface area contributed by atoms with E-state index >= 15 is 0 Å². The minimum absolute atomic E-state index is 0.864. The van der Waals surface area contributed by atoms with E-state index in [0.717, 1.165) is 6.04 Å². The first-order valence-corrected chi connectivity index (χ1v) is 9.67. The summed E-state index contributed by atoms with van der Waals surface area (Å²) in [4.78, 5) is 0. The minimum Gasteiger partial charge on any atom is -0.314 e. The normalized spacial score (nSPS) is 18.8.